The third-order valence-electron chi connectivity index (χ3n) is 4.33. The number of cyclic esters (lactones) is 1. The lowest BCUT2D eigenvalue weighted by atomic mass is 9.87. The van der Waals surface area contributed by atoms with Gasteiger partial charge in [0.2, 0.25) is 0 Å². The second-order valence-electron chi connectivity index (χ2n) is 6.09. The van der Waals surface area contributed by atoms with Crippen LogP contribution in [0, 0.1) is 5.92 Å². The lowest BCUT2D eigenvalue weighted by molar-refractivity contribution is -0.153. The number of nitrogens with two attached hydrogens (primary N) is 1. The van der Waals surface area contributed by atoms with E-state index >= 15 is 0 Å². The van der Waals surface area contributed by atoms with Crippen LogP contribution >= 0.6 is 12.4 Å². The number of esters is 1. The molecule has 1 aliphatic heterocycles. The smallest absolute Gasteiger partial charge is 0.323 e. The van der Waals surface area contributed by atoms with Crippen molar-refractivity contribution < 1.29 is 14.3 Å². The van der Waals surface area contributed by atoms with Crippen molar-refractivity contribution in [3.63, 3.8) is 0 Å². The van der Waals surface area contributed by atoms with E-state index in [0.717, 1.165) is 19.3 Å². The summed E-state index contributed by atoms with van der Waals surface area (Å²) in [5.74, 6) is -0.164. The first kappa shape index (κ1) is 19.9. The molecule has 0 aromatic heterocycles. The SMILES string of the molecule is CCC[C@H]1OCC[C@H](N)C(=O)O[C@@H](C)[C@@H]1Cc1ccccc1.Cl. The highest BCUT2D eigenvalue weighted by atomic mass is 35.5. The van der Waals surface area contributed by atoms with Crippen LogP contribution in [0.4, 0.5) is 0 Å². The minimum Gasteiger partial charge on any atom is -0.461 e. The first-order chi connectivity index (χ1) is 10.6. The van der Waals surface area contributed by atoms with Crippen LogP contribution in [0.5, 0.6) is 0 Å². The Hall–Kier alpha value is -1.10. The fourth-order valence-electron chi connectivity index (χ4n) is 3.01. The second-order valence-corrected chi connectivity index (χ2v) is 6.09. The summed E-state index contributed by atoms with van der Waals surface area (Å²) in [6.07, 6.45) is 3.27. The molecule has 0 unspecified atom stereocenters. The molecule has 4 nitrogen and oxygen atoms in total. The zero-order valence-corrected chi connectivity index (χ0v) is 14.8. The zero-order chi connectivity index (χ0) is 15.9. The summed E-state index contributed by atoms with van der Waals surface area (Å²) in [6, 6.07) is 9.71. The van der Waals surface area contributed by atoms with E-state index in [1.165, 1.54) is 5.56 Å². The summed E-state index contributed by atoms with van der Waals surface area (Å²) in [6.45, 7) is 4.62. The minimum atomic E-state index is -0.583. The van der Waals surface area contributed by atoms with Crippen LogP contribution < -0.4 is 5.73 Å². The maximum atomic E-state index is 12.0. The number of hydrogen-bond acceptors (Lipinski definition) is 4. The molecule has 0 aliphatic carbocycles. The normalized spacial score (nSPS) is 28.7. The van der Waals surface area contributed by atoms with E-state index in [0.29, 0.717) is 13.0 Å². The molecule has 0 bridgehead atoms. The summed E-state index contributed by atoms with van der Waals surface area (Å²) in [5.41, 5.74) is 7.08. The van der Waals surface area contributed by atoms with E-state index in [9.17, 15) is 4.79 Å². The average molecular weight is 342 g/mol. The fourth-order valence-corrected chi connectivity index (χ4v) is 3.01. The van der Waals surface area contributed by atoms with Crippen molar-refractivity contribution in [2.45, 2.75) is 57.8 Å². The van der Waals surface area contributed by atoms with Gasteiger partial charge in [-0.1, -0.05) is 43.7 Å². The number of carbonyl (C=O) groups excluding carboxylic acids is 1. The van der Waals surface area contributed by atoms with Crippen molar-refractivity contribution in [3.05, 3.63) is 35.9 Å². The molecule has 2 rings (SSSR count). The van der Waals surface area contributed by atoms with Crippen LogP contribution in [0.2, 0.25) is 0 Å². The molecule has 130 valence electrons. The summed E-state index contributed by atoms with van der Waals surface area (Å²) < 4.78 is 11.7. The van der Waals surface area contributed by atoms with Gasteiger partial charge >= 0.3 is 5.97 Å². The molecule has 1 fully saturated rings. The van der Waals surface area contributed by atoms with Crippen molar-refractivity contribution >= 4 is 18.4 Å². The van der Waals surface area contributed by atoms with Gasteiger partial charge < -0.3 is 15.2 Å². The third kappa shape index (κ3) is 5.79. The molecule has 0 spiro atoms. The van der Waals surface area contributed by atoms with Crippen LogP contribution in [-0.2, 0) is 20.7 Å². The highest BCUT2D eigenvalue weighted by Gasteiger charge is 2.32. The monoisotopic (exact) mass is 341 g/mol. The van der Waals surface area contributed by atoms with E-state index in [1.54, 1.807) is 0 Å². The quantitative estimate of drug-likeness (QED) is 0.855. The number of benzene rings is 1. The van der Waals surface area contributed by atoms with Crippen LogP contribution in [0.1, 0.15) is 38.7 Å². The summed E-state index contributed by atoms with van der Waals surface area (Å²) in [4.78, 5) is 12.0. The zero-order valence-electron chi connectivity index (χ0n) is 13.9. The maximum Gasteiger partial charge on any atom is 0.323 e. The highest BCUT2D eigenvalue weighted by molar-refractivity contribution is 5.85. The third-order valence-corrected chi connectivity index (χ3v) is 4.33. The van der Waals surface area contributed by atoms with E-state index in [1.807, 2.05) is 25.1 Å². The van der Waals surface area contributed by atoms with E-state index < -0.39 is 6.04 Å². The predicted octanol–water partition coefficient (Wildman–Crippen LogP) is 3.12. The van der Waals surface area contributed by atoms with Gasteiger partial charge in [-0.3, -0.25) is 4.79 Å². The lowest BCUT2D eigenvalue weighted by Crippen LogP contribution is -2.38. The molecular weight excluding hydrogens is 314 g/mol. The molecule has 1 aromatic carbocycles. The van der Waals surface area contributed by atoms with Gasteiger partial charge in [-0.25, -0.2) is 0 Å². The van der Waals surface area contributed by atoms with Crippen molar-refractivity contribution in [1.82, 2.24) is 0 Å². The molecule has 0 saturated carbocycles. The van der Waals surface area contributed by atoms with Crippen LogP contribution in [0.3, 0.4) is 0 Å². The molecule has 5 heteroatoms. The van der Waals surface area contributed by atoms with Gasteiger partial charge in [-0.2, -0.15) is 0 Å². The summed E-state index contributed by atoms with van der Waals surface area (Å²) in [7, 11) is 0. The molecule has 2 N–H and O–H groups in total. The Labute approximate surface area is 145 Å². The van der Waals surface area contributed by atoms with Gasteiger partial charge in [0, 0.05) is 12.5 Å². The molecule has 1 aliphatic rings. The number of halogens is 1. The Morgan fingerprint density at radius 2 is 1.96 bits per heavy atom. The molecule has 1 aromatic rings. The second kappa shape index (κ2) is 9.91. The highest BCUT2D eigenvalue weighted by Crippen LogP contribution is 2.26. The number of hydrogen-bond donors (Lipinski definition) is 1. The van der Waals surface area contributed by atoms with Crippen LogP contribution in [0.25, 0.3) is 0 Å². The van der Waals surface area contributed by atoms with Gasteiger partial charge in [-0.05, 0) is 31.7 Å². The van der Waals surface area contributed by atoms with E-state index in [2.05, 4.69) is 19.1 Å². The summed E-state index contributed by atoms with van der Waals surface area (Å²) in [5, 5.41) is 0. The molecule has 0 amide bonds. The molecule has 23 heavy (non-hydrogen) atoms. The van der Waals surface area contributed by atoms with Crippen LogP contribution in [-0.4, -0.2) is 30.8 Å². The van der Waals surface area contributed by atoms with Gasteiger partial charge in [0.05, 0.1) is 6.10 Å². The topological polar surface area (TPSA) is 61.5 Å². The van der Waals surface area contributed by atoms with Gasteiger partial charge in [-0.15, -0.1) is 12.4 Å². The summed E-state index contributed by atoms with van der Waals surface area (Å²) >= 11 is 0. The Morgan fingerprint density at radius 1 is 1.26 bits per heavy atom. The first-order valence-corrected chi connectivity index (χ1v) is 8.23. The molecule has 0 radical (unpaired) electrons. The molecule has 1 heterocycles. The molecule has 4 atom stereocenters. The Bertz CT molecular complexity index is 469. The van der Waals surface area contributed by atoms with Crippen molar-refractivity contribution in [2.75, 3.05) is 6.61 Å². The Kier molecular flexibility index (Phi) is 8.59. The van der Waals surface area contributed by atoms with Gasteiger partial charge in [0.25, 0.3) is 0 Å². The fraction of sp³-hybridized carbons (Fsp3) is 0.611. The minimum absolute atomic E-state index is 0. The Morgan fingerprint density at radius 3 is 2.61 bits per heavy atom. The van der Waals surface area contributed by atoms with Crippen molar-refractivity contribution in [1.29, 1.82) is 0 Å². The average Bonchev–Trinajstić information content (AvgIpc) is 2.55. The standard InChI is InChI=1S/C18H27NO3.ClH/c1-3-7-17-15(12-14-8-5-4-6-9-14)13(2)22-18(20)16(19)10-11-21-17;/h4-6,8-9,13,15-17H,3,7,10-12,19H2,1-2H3;1H/t13-,15-,16-,17+;/m0./s1. The maximum absolute atomic E-state index is 12.0. The Balaban J connectivity index is 0.00000264. The van der Waals surface area contributed by atoms with Gasteiger partial charge in [0.15, 0.2) is 0 Å². The largest absolute Gasteiger partial charge is 0.461 e. The predicted molar refractivity (Wildman–Crippen MR) is 93.7 cm³/mol. The number of carbonyl (C=O) groups is 1. The van der Waals surface area contributed by atoms with Gasteiger partial charge in [0.1, 0.15) is 12.1 Å². The number of ether oxygens (including phenoxy) is 2. The number of rotatable bonds is 4. The van der Waals surface area contributed by atoms with Crippen molar-refractivity contribution in [2.24, 2.45) is 11.7 Å². The first-order valence-electron chi connectivity index (χ1n) is 8.23. The van der Waals surface area contributed by atoms with Crippen LogP contribution in [0.15, 0.2) is 30.3 Å². The van der Waals surface area contributed by atoms with E-state index in [-0.39, 0.29) is 36.5 Å². The van der Waals surface area contributed by atoms with Crippen molar-refractivity contribution in [3.8, 4) is 0 Å². The van der Waals surface area contributed by atoms with E-state index in [4.69, 9.17) is 15.2 Å². The molecule has 1 saturated heterocycles. The molecular formula is C18H28ClNO3. The lowest BCUT2D eigenvalue weighted by Gasteiger charge is -2.31.